The highest BCUT2D eigenvalue weighted by Crippen LogP contribution is 2.40. The van der Waals surface area contributed by atoms with E-state index in [0.29, 0.717) is 32.7 Å². The van der Waals surface area contributed by atoms with Crippen LogP contribution in [-0.2, 0) is 30.8 Å². The SMILES string of the molecule is COCCn1ncc(S(=O)(=O)N2C[C@H](CNC(C)=O)Oc3ccc(NC(=O)OC(C)(C)C(F)(F)F)cc32)c1C. The molecule has 216 valence electrons. The molecule has 0 bridgehead atoms. The fraction of sp³-hybridized carbons (Fsp3) is 0.522. The number of fused-ring (bicyclic) bond motifs is 1. The number of hydrogen-bond donors (Lipinski definition) is 2. The van der Waals surface area contributed by atoms with Gasteiger partial charge in [0.15, 0.2) is 0 Å². The van der Waals surface area contributed by atoms with Gasteiger partial charge in [-0.1, -0.05) is 0 Å². The zero-order valence-electron chi connectivity index (χ0n) is 22.0. The summed E-state index contributed by atoms with van der Waals surface area (Å²) in [7, 11) is -2.75. The zero-order valence-corrected chi connectivity index (χ0v) is 22.8. The second-order valence-corrected chi connectivity index (χ2v) is 11.1. The second kappa shape index (κ2) is 11.3. The molecule has 16 heteroatoms. The monoisotopic (exact) mass is 577 g/mol. The summed E-state index contributed by atoms with van der Waals surface area (Å²) in [6, 6.07) is 3.92. The molecule has 0 radical (unpaired) electrons. The Kier molecular flexibility index (Phi) is 8.69. The first-order chi connectivity index (χ1) is 18.1. The molecular weight excluding hydrogens is 547 g/mol. The van der Waals surface area contributed by atoms with Crippen molar-refractivity contribution in [3.8, 4) is 5.75 Å². The number of methoxy groups -OCH3 is 1. The van der Waals surface area contributed by atoms with Crippen LogP contribution in [0.1, 0.15) is 26.5 Å². The predicted molar refractivity (Wildman–Crippen MR) is 133 cm³/mol. The number of ether oxygens (including phenoxy) is 3. The van der Waals surface area contributed by atoms with Crippen molar-refractivity contribution in [3.05, 3.63) is 30.1 Å². The van der Waals surface area contributed by atoms with Crippen LogP contribution in [-0.4, -0.2) is 74.9 Å². The van der Waals surface area contributed by atoms with Gasteiger partial charge < -0.3 is 19.5 Å². The number of hydrogen-bond acceptors (Lipinski definition) is 8. The lowest BCUT2D eigenvalue weighted by atomic mass is 10.1. The van der Waals surface area contributed by atoms with E-state index in [2.05, 4.69) is 20.5 Å². The van der Waals surface area contributed by atoms with Gasteiger partial charge in [-0.05, 0) is 39.0 Å². The number of nitrogens with one attached hydrogen (secondary N) is 2. The van der Waals surface area contributed by atoms with Crippen LogP contribution >= 0.6 is 0 Å². The second-order valence-electron chi connectivity index (χ2n) is 9.23. The minimum Gasteiger partial charge on any atom is -0.484 e. The van der Waals surface area contributed by atoms with Gasteiger partial charge in [-0.25, -0.2) is 13.2 Å². The Balaban J connectivity index is 1.97. The minimum absolute atomic E-state index is 0.00568. The number of amides is 2. The van der Waals surface area contributed by atoms with Crippen LogP contribution in [0.5, 0.6) is 5.75 Å². The topological polar surface area (TPSA) is 141 Å². The number of alkyl halides is 3. The van der Waals surface area contributed by atoms with Crippen molar-refractivity contribution < 1.29 is 45.4 Å². The first-order valence-electron chi connectivity index (χ1n) is 11.7. The molecule has 2 heterocycles. The molecular formula is C23H30F3N5O7S. The van der Waals surface area contributed by atoms with Gasteiger partial charge >= 0.3 is 12.3 Å². The van der Waals surface area contributed by atoms with Crippen molar-refractivity contribution in [1.29, 1.82) is 0 Å². The molecule has 1 aromatic carbocycles. The molecule has 0 fully saturated rings. The van der Waals surface area contributed by atoms with E-state index in [-0.39, 0.29) is 41.0 Å². The normalized spacial score (nSPS) is 15.8. The van der Waals surface area contributed by atoms with Crippen LogP contribution in [0.4, 0.5) is 29.3 Å². The van der Waals surface area contributed by atoms with E-state index in [1.165, 1.54) is 43.1 Å². The van der Waals surface area contributed by atoms with E-state index >= 15 is 0 Å². The van der Waals surface area contributed by atoms with Gasteiger partial charge in [0.2, 0.25) is 11.5 Å². The van der Waals surface area contributed by atoms with Gasteiger partial charge in [0.25, 0.3) is 10.0 Å². The molecule has 1 aromatic heterocycles. The molecule has 2 amide bonds. The molecule has 1 atom stereocenters. The van der Waals surface area contributed by atoms with Crippen LogP contribution in [0.15, 0.2) is 29.3 Å². The summed E-state index contributed by atoms with van der Waals surface area (Å²) in [5.74, 6) is -0.229. The van der Waals surface area contributed by atoms with Gasteiger partial charge in [0.05, 0.1) is 43.8 Å². The third kappa shape index (κ3) is 6.73. The summed E-state index contributed by atoms with van der Waals surface area (Å²) < 4.78 is 85.0. The fourth-order valence-electron chi connectivity index (χ4n) is 3.62. The summed E-state index contributed by atoms with van der Waals surface area (Å²) in [5, 5.41) is 8.92. The number of anilines is 2. The Bertz CT molecular complexity index is 1330. The van der Waals surface area contributed by atoms with E-state index in [9.17, 15) is 31.2 Å². The Labute approximate surface area is 223 Å². The average molecular weight is 578 g/mol. The molecule has 39 heavy (non-hydrogen) atoms. The van der Waals surface area contributed by atoms with Gasteiger partial charge in [-0.2, -0.15) is 18.3 Å². The van der Waals surface area contributed by atoms with E-state index in [1.807, 2.05) is 0 Å². The van der Waals surface area contributed by atoms with E-state index in [4.69, 9.17) is 9.47 Å². The van der Waals surface area contributed by atoms with Gasteiger partial charge in [0.1, 0.15) is 16.7 Å². The Morgan fingerprint density at radius 2 is 1.95 bits per heavy atom. The van der Waals surface area contributed by atoms with Crippen LogP contribution in [0.2, 0.25) is 0 Å². The molecule has 0 saturated heterocycles. The maximum atomic E-state index is 13.8. The summed E-state index contributed by atoms with van der Waals surface area (Å²) in [5.41, 5.74) is -2.42. The number of aromatic nitrogens is 2. The van der Waals surface area contributed by atoms with Crippen molar-refractivity contribution in [2.45, 2.75) is 57.0 Å². The summed E-state index contributed by atoms with van der Waals surface area (Å²) in [6.07, 6.45) is -5.76. The molecule has 2 aromatic rings. The minimum atomic E-state index is -4.81. The van der Waals surface area contributed by atoms with Gasteiger partial charge in [-0.15, -0.1) is 0 Å². The number of sulfonamides is 1. The van der Waals surface area contributed by atoms with Crippen molar-refractivity contribution in [2.75, 3.05) is 36.4 Å². The van der Waals surface area contributed by atoms with Crippen molar-refractivity contribution in [1.82, 2.24) is 15.1 Å². The number of rotatable bonds is 9. The van der Waals surface area contributed by atoms with E-state index in [0.717, 1.165) is 4.31 Å². The lowest BCUT2D eigenvalue weighted by Crippen LogP contribution is -2.48. The Morgan fingerprint density at radius 3 is 2.56 bits per heavy atom. The number of benzene rings is 1. The molecule has 12 nitrogen and oxygen atoms in total. The lowest BCUT2D eigenvalue weighted by Gasteiger charge is -2.35. The highest BCUT2D eigenvalue weighted by atomic mass is 32.2. The summed E-state index contributed by atoms with van der Waals surface area (Å²) >= 11 is 0. The highest BCUT2D eigenvalue weighted by Gasteiger charge is 2.51. The number of halogens is 3. The molecule has 3 rings (SSSR count). The smallest absolute Gasteiger partial charge is 0.427 e. The maximum Gasteiger partial charge on any atom is 0.427 e. The van der Waals surface area contributed by atoms with Crippen LogP contribution < -0.4 is 19.7 Å². The van der Waals surface area contributed by atoms with Gasteiger partial charge in [-0.3, -0.25) is 19.1 Å². The van der Waals surface area contributed by atoms with Crippen LogP contribution in [0.3, 0.4) is 0 Å². The summed E-state index contributed by atoms with van der Waals surface area (Å²) in [4.78, 5) is 23.6. The molecule has 0 unspecified atom stereocenters. The lowest BCUT2D eigenvalue weighted by molar-refractivity contribution is -0.242. The maximum absolute atomic E-state index is 13.8. The average Bonchev–Trinajstić information content (AvgIpc) is 3.20. The quantitative estimate of drug-likeness (QED) is 0.464. The largest absolute Gasteiger partial charge is 0.484 e. The summed E-state index contributed by atoms with van der Waals surface area (Å²) in [6.45, 7) is 4.70. The molecule has 0 saturated carbocycles. The molecule has 1 aliphatic rings. The van der Waals surface area contributed by atoms with Crippen LogP contribution in [0, 0.1) is 6.92 Å². The molecule has 0 aliphatic carbocycles. The number of nitrogens with zero attached hydrogens (tertiary/aromatic N) is 3. The predicted octanol–water partition coefficient (Wildman–Crippen LogP) is 2.82. The first kappa shape index (κ1) is 30.0. The van der Waals surface area contributed by atoms with Crippen molar-refractivity contribution in [2.24, 2.45) is 0 Å². The third-order valence-corrected chi connectivity index (χ3v) is 7.76. The van der Waals surface area contributed by atoms with Gasteiger partial charge in [0, 0.05) is 19.7 Å². The standard InChI is InChI=1S/C23H30F3N5O7S/c1-14-20(12-28-30(14)8-9-36-5)39(34,35)31-13-17(11-27-15(2)32)37-19-7-6-16(10-18(19)31)29-21(33)38-22(3,4)23(24,25)26/h6-7,10,12,17H,8-9,11,13H2,1-5H3,(H,27,32)(H,29,33)/t17-/m0/s1. The molecule has 1 aliphatic heterocycles. The molecule has 0 spiro atoms. The first-order valence-corrected chi connectivity index (χ1v) is 13.2. The third-order valence-electron chi connectivity index (χ3n) is 5.88. The Hall–Kier alpha value is -3.53. The van der Waals surface area contributed by atoms with Crippen LogP contribution in [0.25, 0.3) is 0 Å². The van der Waals surface area contributed by atoms with Crippen molar-refractivity contribution >= 4 is 33.4 Å². The molecule has 2 N–H and O–H groups in total. The fourth-order valence-corrected chi connectivity index (χ4v) is 5.28. The van der Waals surface area contributed by atoms with E-state index < -0.39 is 34.0 Å². The Morgan fingerprint density at radius 1 is 1.26 bits per heavy atom. The van der Waals surface area contributed by atoms with Crippen molar-refractivity contribution in [3.63, 3.8) is 0 Å². The number of carbonyl (C=O) groups excluding carboxylic acids is 2. The zero-order chi connectivity index (χ0) is 29.2. The highest BCUT2D eigenvalue weighted by molar-refractivity contribution is 7.92. The number of carbonyl (C=O) groups is 2. The van der Waals surface area contributed by atoms with E-state index in [1.54, 1.807) is 6.92 Å².